The molecular formula is C10H8ClN3O3. The molecule has 6 nitrogen and oxygen atoms in total. The first-order chi connectivity index (χ1) is 8.04. The highest BCUT2D eigenvalue weighted by Gasteiger charge is 2.21. The Hall–Kier alpha value is -1.95. The van der Waals surface area contributed by atoms with E-state index in [4.69, 9.17) is 16.3 Å². The second-order valence-electron chi connectivity index (χ2n) is 3.34. The Morgan fingerprint density at radius 3 is 2.71 bits per heavy atom. The maximum absolute atomic E-state index is 10.8. The summed E-state index contributed by atoms with van der Waals surface area (Å²) in [5.74, 6) is 0.384. The van der Waals surface area contributed by atoms with E-state index < -0.39 is 4.92 Å². The van der Waals surface area contributed by atoms with Gasteiger partial charge in [0.1, 0.15) is 10.7 Å². The van der Waals surface area contributed by atoms with Crippen molar-refractivity contribution in [2.45, 2.75) is 6.92 Å². The molecule has 0 aromatic carbocycles. The number of rotatable bonds is 2. The zero-order chi connectivity index (χ0) is 12.6. The number of pyridine rings is 2. The molecule has 0 N–H and O–H groups in total. The van der Waals surface area contributed by atoms with E-state index in [-0.39, 0.29) is 16.4 Å². The molecule has 0 unspecified atom stereocenters. The second-order valence-corrected chi connectivity index (χ2v) is 3.72. The molecule has 0 saturated carbocycles. The van der Waals surface area contributed by atoms with Crippen LogP contribution in [0.5, 0.6) is 5.88 Å². The number of fused-ring (bicyclic) bond motifs is 1. The minimum absolute atomic E-state index is 0.0488. The van der Waals surface area contributed by atoms with E-state index in [2.05, 4.69) is 9.97 Å². The van der Waals surface area contributed by atoms with Crippen molar-refractivity contribution in [2.75, 3.05) is 7.11 Å². The molecule has 0 aliphatic carbocycles. The molecule has 2 rings (SSSR count). The van der Waals surface area contributed by atoms with Gasteiger partial charge in [-0.3, -0.25) is 10.1 Å². The van der Waals surface area contributed by atoms with Gasteiger partial charge in [-0.15, -0.1) is 0 Å². The van der Waals surface area contributed by atoms with E-state index in [1.807, 2.05) is 0 Å². The molecule has 0 fully saturated rings. The van der Waals surface area contributed by atoms with E-state index in [1.54, 1.807) is 12.1 Å². The van der Waals surface area contributed by atoms with Gasteiger partial charge in [-0.25, -0.2) is 4.98 Å². The Labute approximate surface area is 101 Å². The second kappa shape index (κ2) is 4.14. The standard InChI is InChI=1S/C10H8ClN3O3/c1-5-9(14(15)16)8(11)6-3-4-7(17-2)13-10(6)12-5/h3-4H,1-2H3. The van der Waals surface area contributed by atoms with Crippen LogP contribution in [0.25, 0.3) is 11.0 Å². The van der Waals surface area contributed by atoms with Crippen LogP contribution in [0, 0.1) is 17.0 Å². The third-order valence-electron chi connectivity index (χ3n) is 2.30. The summed E-state index contributed by atoms with van der Waals surface area (Å²) in [7, 11) is 1.48. The summed E-state index contributed by atoms with van der Waals surface area (Å²) in [5.41, 5.74) is 0.372. The van der Waals surface area contributed by atoms with Gasteiger partial charge in [-0.2, -0.15) is 4.98 Å². The molecule has 0 atom stereocenters. The van der Waals surface area contributed by atoms with Crippen molar-refractivity contribution in [2.24, 2.45) is 0 Å². The molecule has 0 spiro atoms. The third kappa shape index (κ3) is 1.87. The molecule has 0 bridgehead atoms. The van der Waals surface area contributed by atoms with Crippen molar-refractivity contribution in [3.8, 4) is 5.88 Å². The SMILES string of the molecule is COc1ccc2c(Cl)c([N+](=O)[O-])c(C)nc2n1. The molecule has 88 valence electrons. The number of nitrogens with zero attached hydrogens (tertiary/aromatic N) is 3. The first kappa shape index (κ1) is 11.5. The average molecular weight is 254 g/mol. The molecule has 2 aromatic heterocycles. The Bertz CT molecular complexity index is 615. The summed E-state index contributed by atoms with van der Waals surface area (Å²) < 4.78 is 4.95. The molecule has 2 heterocycles. The van der Waals surface area contributed by atoms with Crippen LogP contribution in [-0.2, 0) is 0 Å². The van der Waals surface area contributed by atoms with Crippen LogP contribution in [0.2, 0.25) is 5.02 Å². The molecule has 0 aliphatic rings. The van der Waals surface area contributed by atoms with Gasteiger partial charge in [-0.1, -0.05) is 11.6 Å². The van der Waals surface area contributed by atoms with Crippen LogP contribution in [0.4, 0.5) is 5.69 Å². The first-order valence-electron chi connectivity index (χ1n) is 4.70. The lowest BCUT2D eigenvalue weighted by Crippen LogP contribution is -1.98. The quantitative estimate of drug-likeness (QED) is 0.607. The normalized spacial score (nSPS) is 10.5. The predicted molar refractivity (Wildman–Crippen MR) is 62.5 cm³/mol. The summed E-state index contributed by atoms with van der Waals surface area (Å²) >= 11 is 5.97. The van der Waals surface area contributed by atoms with Crippen LogP contribution >= 0.6 is 11.6 Å². The number of ether oxygens (including phenoxy) is 1. The lowest BCUT2D eigenvalue weighted by Gasteiger charge is -2.05. The Balaban J connectivity index is 2.81. The number of halogens is 1. The zero-order valence-electron chi connectivity index (χ0n) is 9.10. The molecule has 2 aromatic rings. The van der Waals surface area contributed by atoms with Crippen molar-refractivity contribution in [3.63, 3.8) is 0 Å². The smallest absolute Gasteiger partial charge is 0.309 e. The van der Waals surface area contributed by atoms with Gasteiger partial charge in [0.05, 0.1) is 12.0 Å². The minimum atomic E-state index is -0.547. The van der Waals surface area contributed by atoms with E-state index in [0.29, 0.717) is 16.9 Å². The number of methoxy groups -OCH3 is 1. The van der Waals surface area contributed by atoms with E-state index in [0.717, 1.165) is 0 Å². The highest BCUT2D eigenvalue weighted by Crippen LogP contribution is 2.33. The summed E-state index contributed by atoms with van der Waals surface area (Å²) in [4.78, 5) is 18.4. The lowest BCUT2D eigenvalue weighted by atomic mass is 10.2. The van der Waals surface area contributed by atoms with E-state index in [9.17, 15) is 10.1 Å². The Morgan fingerprint density at radius 1 is 1.41 bits per heavy atom. The maximum atomic E-state index is 10.8. The fourth-order valence-corrected chi connectivity index (χ4v) is 1.86. The van der Waals surface area contributed by atoms with Crippen LogP contribution in [0.15, 0.2) is 12.1 Å². The van der Waals surface area contributed by atoms with Gasteiger partial charge in [-0.05, 0) is 13.0 Å². The molecule has 0 aliphatic heterocycles. The first-order valence-corrected chi connectivity index (χ1v) is 5.07. The molecule has 17 heavy (non-hydrogen) atoms. The number of aromatic nitrogens is 2. The van der Waals surface area contributed by atoms with Gasteiger partial charge in [0.15, 0.2) is 5.65 Å². The van der Waals surface area contributed by atoms with Crippen LogP contribution in [0.3, 0.4) is 0 Å². The van der Waals surface area contributed by atoms with E-state index in [1.165, 1.54) is 14.0 Å². The number of hydrogen-bond donors (Lipinski definition) is 0. The average Bonchev–Trinajstić information content (AvgIpc) is 2.27. The number of nitro groups is 1. The number of hydrogen-bond acceptors (Lipinski definition) is 5. The highest BCUT2D eigenvalue weighted by molar-refractivity contribution is 6.37. The summed E-state index contributed by atoms with van der Waals surface area (Å²) in [6, 6.07) is 3.18. The van der Waals surface area contributed by atoms with Gasteiger partial charge >= 0.3 is 5.69 Å². The predicted octanol–water partition coefficient (Wildman–Crippen LogP) is 2.51. The van der Waals surface area contributed by atoms with Crippen LogP contribution in [0.1, 0.15) is 5.69 Å². The zero-order valence-corrected chi connectivity index (χ0v) is 9.85. The van der Waals surface area contributed by atoms with Crippen molar-refractivity contribution in [1.29, 1.82) is 0 Å². The Morgan fingerprint density at radius 2 is 2.12 bits per heavy atom. The molecule has 0 amide bonds. The van der Waals surface area contributed by atoms with Crippen molar-refractivity contribution >= 4 is 28.3 Å². The summed E-state index contributed by atoms with van der Waals surface area (Å²) in [6.45, 7) is 1.52. The lowest BCUT2D eigenvalue weighted by molar-refractivity contribution is -0.385. The molecule has 0 radical (unpaired) electrons. The fourth-order valence-electron chi connectivity index (χ4n) is 1.51. The largest absolute Gasteiger partial charge is 0.481 e. The minimum Gasteiger partial charge on any atom is -0.481 e. The van der Waals surface area contributed by atoms with Crippen molar-refractivity contribution in [1.82, 2.24) is 9.97 Å². The van der Waals surface area contributed by atoms with Crippen molar-refractivity contribution < 1.29 is 9.66 Å². The van der Waals surface area contributed by atoms with E-state index >= 15 is 0 Å². The Kier molecular flexibility index (Phi) is 2.81. The maximum Gasteiger partial charge on any atom is 0.309 e. The number of aryl methyl sites for hydroxylation is 1. The fraction of sp³-hybridized carbons (Fsp3) is 0.200. The van der Waals surface area contributed by atoms with Gasteiger partial charge < -0.3 is 4.74 Å². The summed E-state index contributed by atoms with van der Waals surface area (Å²) in [6.07, 6.45) is 0. The molecular weight excluding hydrogens is 246 g/mol. The van der Waals surface area contributed by atoms with Gasteiger partial charge in [0.25, 0.3) is 0 Å². The summed E-state index contributed by atoms with van der Waals surface area (Å²) in [5, 5.41) is 11.3. The monoisotopic (exact) mass is 253 g/mol. The van der Waals surface area contributed by atoms with Crippen molar-refractivity contribution in [3.05, 3.63) is 33.0 Å². The topological polar surface area (TPSA) is 78.2 Å². The van der Waals surface area contributed by atoms with Crippen LogP contribution in [-0.4, -0.2) is 22.0 Å². The van der Waals surface area contributed by atoms with Gasteiger partial charge in [0.2, 0.25) is 5.88 Å². The highest BCUT2D eigenvalue weighted by atomic mass is 35.5. The van der Waals surface area contributed by atoms with Crippen LogP contribution < -0.4 is 4.74 Å². The van der Waals surface area contributed by atoms with Gasteiger partial charge in [0, 0.05) is 11.5 Å². The molecule has 7 heteroatoms. The molecule has 0 saturated heterocycles. The third-order valence-corrected chi connectivity index (χ3v) is 2.68.